The lowest BCUT2D eigenvalue weighted by Crippen LogP contribution is -2.53. The monoisotopic (exact) mass is 473 g/mol. The second-order valence-corrected chi connectivity index (χ2v) is 9.72. The van der Waals surface area contributed by atoms with Gasteiger partial charge in [0.25, 0.3) is 0 Å². The Labute approximate surface area is 195 Å². The standard InChI is InChI=1S/C24H31N3O5S/c1-5-15-25-24(29)22(16-19-9-7-6-8-10-19)27(23(28)18-26(2)33(4,30)31)17-20-11-13-21(32-3)14-12-20/h5-14,22H,1,15-18H2,2-4H3,(H,25,29). The van der Waals surface area contributed by atoms with Crippen molar-refractivity contribution in [3.63, 3.8) is 0 Å². The molecule has 2 amide bonds. The fourth-order valence-corrected chi connectivity index (χ4v) is 3.52. The zero-order chi connectivity index (χ0) is 24.4. The maximum atomic E-state index is 13.3. The average Bonchev–Trinajstić information content (AvgIpc) is 2.80. The van der Waals surface area contributed by atoms with Crippen molar-refractivity contribution in [2.24, 2.45) is 0 Å². The zero-order valence-electron chi connectivity index (χ0n) is 19.2. The summed E-state index contributed by atoms with van der Waals surface area (Å²) < 4.78 is 30.0. The van der Waals surface area contributed by atoms with E-state index < -0.39 is 22.0 Å². The van der Waals surface area contributed by atoms with Crippen molar-refractivity contribution >= 4 is 21.8 Å². The van der Waals surface area contributed by atoms with Gasteiger partial charge in [-0.2, -0.15) is 4.31 Å². The van der Waals surface area contributed by atoms with Crippen molar-refractivity contribution < 1.29 is 22.7 Å². The molecule has 2 rings (SSSR count). The van der Waals surface area contributed by atoms with Gasteiger partial charge in [-0.1, -0.05) is 48.5 Å². The molecule has 0 aliphatic heterocycles. The Morgan fingerprint density at radius 2 is 1.73 bits per heavy atom. The lowest BCUT2D eigenvalue weighted by molar-refractivity contribution is -0.141. The minimum Gasteiger partial charge on any atom is -0.497 e. The molecule has 0 saturated heterocycles. The highest BCUT2D eigenvalue weighted by atomic mass is 32.2. The molecule has 0 saturated carbocycles. The number of rotatable bonds is 12. The number of ether oxygens (including phenoxy) is 1. The molecule has 0 fully saturated rings. The SMILES string of the molecule is C=CCNC(=O)C(Cc1ccccc1)N(Cc1ccc(OC)cc1)C(=O)CN(C)S(C)(=O)=O. The maximum Gasteiger partial charge on any atom is 0.243 e. The average molecular weight is 474 g/mol. The summed E-state index contributed by atoms with van der Waals surface area (Å²) in [4.78, 5) is 27.9. The van der Waals surface area contributed by atoms with E-state index >= 15 is 0 Å². The third-order valence-corrected chi connectivity index (χ3v) is 6.39. The van der Waals surface area contributed by atoms with E-state index in [4.69, 9.17) is 4.74 Å². The van der Waals surface area contributed by atoms with Crippen molar-refractivity contribution in [2.75, 3.05) is 33.5 Å². The summed E-state index contributed by atoms with van der Waals surface area (Å²) >= 11 is 0. The largest absolute Gasteiger partial charge is 0.497 e. The number of likely N-dealkylation sites (N-methyl/N-ethyl adjacent to an activating group) is 1. The number of amides is 2. The quantitative estimate of drug-likeness (QED) is 0.475. The summed E-state index contributed by atoms with van der Waals surface area (Å²) in [5, 5.41) is 2.77. The van der Waals surface area contributed by atoms with Crippen LogP contribution >= 0.6 is 0 Å². The molecule has 0 aromatic heterocycles. The predicted octanol–water partition coefficient (Wildman–Crippen LogP) is 1.83. The van der Waals surface area contributed by atoms with E-state index in [2.05, 4.69) is 11.9 Å². The Morgan fingerprint density at radius 3 is 2.27 bits per heavy atom. The molecule has 8 nitrogen and oxygen atoms in total. The molecule has 0 radical (unpaired) electrons. The number of nitrogens with one attached hydrogen (secondary N) is 1. The van der Waals surface area contributed by atoms with Crippen LogP contribution in [0.5, 0.6) is 5.75 Å². The maximum absolute atomic E-state index is 13.3. The van der Waals surface area contributed by atoms with Gasteiger partial charge in [0.2, 0.25) is 21.8 Å². The van der Waals surface area contributed by atoms with Crippen LogP contribution in [0.1, 0.15) is 11.1 Å². The van der Waals surface area contributed by atoms with Crippen LogP contribution in [0, 0.1) is 0 Å². The minimum atomic E-state index is -3.58. The first-order chi connectivity index (χ1) is 15.7. The molecular weight excluding hydrogens is 442 g/mol. The van der Waals surface area contributed by atoms with E-state index in [0.29, 0.717) is 5.75 Å². The van der Waals surface area contributed by atoms with Gasteiger partial charge in [0.15, 0.2) is 0 Å². The molecule has 0 aliphatic carbocycles. The van der Waals surface area contributed by atoms with Gasteiger partial charge in [-0.15, -0.1) is 6.58 Å². The van der Waals surface area contributed by atoms with Crippen LogP contribution in [0.25, 0.3) is 0 Å². The molecule has 0 heterocycles. The third kappa shape index (κ3) is 8.03. The van der Waals surface area contributed by atoms with Crippen molar-refractivity contribution in [3.8, 4) is 5.75 Å². The molecule has 1 atom stereocenters. The lowest BCUT2D eigenvalue weighted by atomic mass is 10.0. The second-order valence-electron chi connectivity index (χ2n) is 7.63. The molecule has 1 unspecified atom stereocenters. The highest BCUT2D eigenvalue weighted by molar-refractivity contribution is 7.88. The van der Waals surface area contributed by atoms with E-state index in [9.17, 15) is 18.0 Å². The fraction of sp³-hybridized carbons (Fsp3) is 0.333. The van der Waals surface area contributed by atoms with Gasteiger partial charge in [0.05, 0.1) is 19.9 Å². The number of carbonyl (C=O) groups is 2. The van der Waals surface area contributed by atoms with Gasteiger partial charge < -0.3 is 15.0 Å². The molecule has 0 aliphatic rings. The topological polar surface area (TPSA) is 96.0 Å². The second kappa shape index (κ2) is 12.2. The van der Waals surface area contributed by atoms with E-state index in [0.717, 1.165) is 21.7 Å². The van der Waals surface area contributed by atoms with E-state index in [-0.39, 0.29) is 32.0 Å². The zero-order valence-corrected chi connectivity index (χ0v) is 20.0. The first-order valence-electron chi connectivity index (χ1n) is 10.4. The number of benzene rings is 2. The summed E-state index contributed by atoms with van der Waals surface area (Å²) in [5.41, 5.74) is 1.65. The van der Waals surface area contributed by atoms with Crippen molar-refractivity contribution in [2.45, 2.75) is 19.0 Å². The summed E-state index contributed by atoms with van der Waals surface area (Å²) in [6.07, 6.45) is 2.87. The summed E-state index contributed by atoms with van der Waals surface area (Å²) in [6, 6.07) is 15.7. The Kier molecular flexibility index (Phi) is 9.62. The minimum absolute atomic E-state index is 0.124. The van der Waals surface area contributed by atoms with Crippen molar-refractivity contribution in [1.29, 1.82) is 0 Å². The Bertz CT molecular complexity index is 1040. The number of nitrogens with zero attached hydrogens (tertiary/aromatic N) is 2. The molecule has 0 spiro atoms. The van der Waals surface area contributed by atoms with Gasteiger partial charge in [0, 0.05) is 26.6 Å². The van der Waals surface area contributed by atoms with E-state index in [1.807, 2.05) is 30.3 Å². The summed E-state index contributed by atoms with van der Waals surface area (Å²) in [5.74, 6) is -0.158. The normalized spacial score (nSPS) is 12.1. The Hall–Kier alpha value is -3.17. The van der Waals surface area contributed by atoms with Crippen LogP contribution in [0.2, 0.25) is 0 Å². The van der Waals surface area contributed by atoms with Crippen LogP contribution in [0.4, 0.5) is 0 Å². The van der Waals surface area contributed by atoms with Crippen molar-refractivity contribution in [3.05, 3.63) is 78.4 Å². The number of carbonyl (C=O) groups excluding carboxylic acids is 2. The molecule has 0 bridgehead atoms. The number of methoxy groups -OCH3 is 1. The highest BCUT2D eigenvalue weighted by Gasteiger charge is 2.31. The van der Waals surface area contributed by atoms with E-state index in [1.165, 1.54) is 11.9 Å². The molecular formula is C24H31N3O5S. The lowest BCUT2D eigenvalue weighted by Gasteiger charge is -2.32. The first-order valence-corrected chi connectivity index (χ1v) is 12.3. The van der Waals surface area contributed by atoms with Crippen molar-refractivity contribution in [1.82, 2.24) is 14.5 Å². The number of sulfonamides is 1. The molecule has 9 heteroatoms. The van der Waals surface area contributed by atoms with Crippen LogP contribution in [0.15, 0.2) is 67.3 Å². The summed E-state index contributed by atoms with van der Waals surface area (Å²) in [7, 11) is -0.680. The van der Waals surface area contributed by atoms with E-state index in [1.54, 1.807) is 37.5 Å². The van der Waals surface area contributed by atoms with Crippen LogP contribution in [0.3, 0.4) is 0 Å². The third-order valence-electron chi connectivity index (χ3n) is 5.13. The molecule has 33 heavy (non-hydrogen) atoms. The number of hydrogen-bond donors (Lipinski definition) is 1. The first kappa shape index (κ1) is 26.1. The van der Waals surface area contributed by atoms with Crippen LogP contribution < -0.4 is 10.1 Å². The van der Waals surface area contributed by atoms with Crippen LogP contribution in [-0.4, -0.2) is 69.0 Å². The van der Waals surface area contributed by atoms with Gasteiger partial charge in [-0.05, 0) is 23.3 Å². The van der Waals surface area contributed by atoms with Gasteiger partial charge in [-0.25, -0.2) is 8.42 Å². The molecule has 1 N–H and O–H groups in total. The van der Waals surface area contributed by atoms with Gasteiger partial charge in [-0.3, -0.25) is 9.59 Å². The molecule has 2 aromatic carbocycles. The molecule has 178 valence electrons. The number of hydrogen-bond acceptors (Lipinski definition) is 5. The van der Waals surface area contributed by atoms with Gasteiger partial charge >= 0.3 is 0 Å². The van der Waals surface area contributed by atoms with Crippen LogP contribution in [-0.2, 0) is 32.6 Å². The Balaban J connectivity index is 2.43. The Morgan fingerprint density at radius 1 is 1.09 bits per heavy atom. The van der Waals surface area contributed by atoms with Gasteiger partial charge in [0.1, 0.15) is 11.8 Å². The smallest absolute Gasteiger partial charge is 0.243 e. The fourth-order valence-electron chi connectivity index (χ4n) is 3.17. The highest BCUT2D eigenvalue weighted by Crippen LogP contribution is 2.18. The molecule has 2 aromatic rings. The predicted molar refractivity (Wildman–Crippen MR) is 128 cm³/mol. The summed E-state index contributed by atoms with van der Waals surface area (Å²) in [6.45, 7) is 3.62.